The molecule has 1 fully saturated rings. The molecule has 1 saturated heterocycles. The molecule has 1 amide bonds. The molecule has 2 aliphatic rings. The van der Waals surface area contributed by atoms with Gasteiger partial charge in [-0.2, -0.15) is 0 Å². The molecule has 0 radical (unpaired) electrons. The maximum Gasteiger partial charge on any atom is 0.300 e. The van der Waals surface area contributed by atoms with Crippen LogP contribution in [0, 0.1) is 6.92 Å². The molecule has 172 valence electrons. The second-order valence-electron chi connectivity index (χ2n) is 8.97. The van der Waals surface area contributed by atoms with E-state index >= 15 is 0 Å². The van der Waals surface area contributed by atoms with Crippen LogP contribution < -0.4 is 9.64 Å². The summed E-state index contributed by atoms with van der Waals surface area (Å²) in [4.78, 5) is 28.1. The number of nitrogens with zero attached hydrogens (tertiary/aromatic N) is 1. The average Bonchev–Trinajstić information content (AvgIpc) is 3.13. The Morgan fingerprint density at radius 3 is 2.38 bits per heavy atom. The standard InChI is InChI=1S/C29H27NO4/c1-18-6-5-9-23(16-18)30-26(20-12-14-24(34-2)15-13-20)25(28(32)29(30)33)27(31)22-11-10-19-7-3-4-8-21(19)17-22/h5-6,9-17,26,31H,3-4,7-8H2,1-2H3/b27-25-. The Morgan fingerprint density at radius 2 is 1.68 bits per heavy atom. The zero-order valence-corrected chi connectivity index (χ0v) is 19.4. The molecule has 3 aromatic carbocycles. The maximum absolute atomic E-state index is 13.4. The Hall–Kier alpha value is -3.86. The van der Waals surface area contributed by atoms with Crippen LogP contribution in [0.3, 0.4) is 0 Å². The van der Waals surface area contributed by atoms with E-state index in [-0.39, 0.29) is 11.3 Å². The molecular weight excluding hydrogens is 426 g/mol. The predicted molar refractivity (Wildman–Crippen MR) is 132 cm³/mol. The molecule has 0 bridgehead atoms. The van der Waals surface area contributed by atoms with Gasteiger partial charge in [0.2, 0.25) is 0 Å². The monoisotopic (exact) mass is 453 g/mol. The number of aliphatic hydroxyl groups excluding tert-OH is 1. The van der Waals surface area contributed by atoms with E-state index in [0.717, 1.165) is 36.8 Å². The summed E-state index contributed by atoms with van der Waals surface area (Å²) in [5.74, 6) is -0.794. The summed E-state index contributed by atoms with van der Waals surface area (Å²) in [5.41, 5.74) is 5.48. The Morgan fingerprint density at radius 1 is 0.941 bits per heavy atom. The lowest BCUT2D eigenvalue weighted by atomic mass is 9.88. The third kappa shape index (κ3) is 3.77. The summed E-state index contributed by atoms with van der Waals surface area (Å²) in [7, 11) is 1.59. The van der Waals surface area contributed by atoms with E-state index in [1.54, 1.807) is 19.2 Å². The van der Waals surface area contributed by atoms with Gasteiger partial charge in [0.1, 0.15) is 11.5 Å². The Balaban J connectivity index is 1.69. The summed E-state index contributed by atoms with van der Waals surface area (Å²) in [6.07, 6.45) is 4.26. The van der Waals surface area contributed by atoms with Gasteiger partial charge in [-0.05, 0) is 85.2 Å². The predicted octanol–water partition coefficient (Wildman–Crippen LogP) is 5.51. The lowest BCUT2D eigenvalue weighted by molar-refractivity contribution is -0.132. The number of amides is 1. The van der Waals surface area contributed by atoms with Crippen LogP contribution in [-0.4, -0.2) is 23.9 Å². The maximum atomic E-state index is 13.4. The van der Waals surface area contributed by atoms with Crippen LogP contribution in [0.1, 0.15) is 46.7 Å². The molecule has 1 N–H and O–H groups in total. The summed E-state index contributed by atoms with van der Waals surface area (Å²) in [6.45, 7) is 1.94. The van der Waals surface area contributed by atoms with Gasteiger partial charge in [0.25, 0.3) is 11.7 Å². The first-order chi connectivity index (χ1) is 16.5. The number of ether oxygens (including phenoxy) is 1. The Bertz CT molecular complexity index is 1310. The zero-order valence-electron chi connectivity index (χ0n) is 19.4. The lowest BCUT2D eigenvalue weighted by Gasteiger charge is -2.26. The first-order valence-corrected chi connectivity index (χ1v) is 11.6. The van der Waals surface area contributed by atoms with Crippen molar-refractivity contribution in [1.82, 2.24) is 0 Å². The van der Waals surface area contributed by atoms with E-state index in [4.69, 9.17) is 4.74 Å². The number of carbonyl (C=O) groups is 2. The fourth-order valence-electron chi connectivity index (χ4n) is 5.01. The van der Waals surface area contributed by atoms with Gasteiger partial charge in [0.05, 0.1) is 18.7 Å². The number of fused-ring (bicyclic) bond motifs is 1. The lowest BCUT2D eigenvalue weighted by Crippen LogP contribution is -2.29. The van der Waals surface area contributed by atoms with Crippen molar-refractivity contribution in [3.05, 3.63) is 100 Å². The quantitative estimate of drug-likeness (QED) is 0.321. The van der Waals surface area contributed by atoms with Gasteiger partial charge in [-0.3, -0.25) is 14.5 Å². The zero-order chi connectivity index (χ0) is 23.8. The normalized spacial score (nSPS) is 19.2. The number of aliphatic hydroxyl groups is 1. The molecule has 5 rings (SSSR count). The number of Topliss-reactive ketones (excluding diaryl/α,β-unsaturated/α-hetero) is 1. The fraction of sp³-hybridized carbons (Fsp3) is 0.241. The average molecular weight is 454 g/mol. The van der Waals surface area contributed by atoms with E-state index in [1.807, 2.05) is 61.5 Å². The largest absolute Gasteiger partial charge is 0.507 e. The molecule has 0 saturated carbocycles. The van der Waals surface area contributed by atoms with Crippen LogP contribution in [0.25, 0.3) is 5.76 Å². The minimum Gasteiger partial charge on any atom is -0.507 e. The van der Waals surface area contributed by atoms with E-state index in [1.165, 1.54) is 16.0 Å². The fourth-order valence-corrected chi connectivity index (χ4v) is 5.01. The third-order valence-corrected chi connectivity index (χ3v) is 6.78. The van der Waals surface area contributed by atoms with Crippen molar-refractivity contribution < 1.29 is 19.4 Å². The first kappa shape index (κ1) is 22.0. The Kier molecular flexibility index (Phi) is 5.70. The van der Waals surface area contributed by atoms with Gasteiger partial charge in [-0.1, -0.05) is 36.4 Å². The summed E-state index contributed by atoms with van der Waals surface area (Å²) in [6, 6.07) is 19.8. The number of aryl methyl sites for hydroxylation is 3. The third-order valence-electron chi connectivity index (χ3n) is 6.78. The molecule has 1 aliphatic heterocycles. The van der Waals surface area contributed by atoms with E-state index in [9.17, 15) is 14.7 Å². The molecule has 5 heteroatoms. The molecule has 1 heterocycles. The minimum absolute atomic E-state index is 0.104. The number of rotatable bonds is 4. The second kappa shape index (κ2) is 8.82. The molecule has 0 spiro atoms. The van der Waals surface area contributed by atoms with Gasteiger partial charge >= 0.3 is 0 Å². The van der Waals surface area contributed by atoms with E-state index in [0.29, 0.717) is 17.0 Å². The van der Waals surface area contributed by atoms with Crippen molar-refractivity contribution >= 4 is 23.1 Å². The molecule has 3 aromatic rings. The summed E-state index contributed by atoms with van der Waals surface area (Å²) in [5, 5.41) is 11.4. The van der Waals surface area contributed by atoms with Crippen LogP contribution in [0.4, 0.5) is 5.69 Å². The molecule has 1 unspecified atom stereocenters. The number of hydrogen-bond donors (Lipinski definition) is 1. The smallest absolute Gasteiger partial charge is 0.300 e. The van der Waals surface area contributed by atoms with Gasteiger partial charge in [-0.15, -0.1) is 0 Å². The van der Waals surface area contributed by atoms with Crippen molar-refractivity contribution in [1.29, 1.82) is 0 Å². The van der Waals surface area contributed by atoms with E-state index < -0.39 is 17.7 Å². The highest BCUT2D eigenvalue weighted by molar-refractivity contribution is 6.51. The van der Waals surface area contributed by atoms with Gasteiger partial charge in [0.15, 0.2) is 0 Å². The van der Waals surface area contributed by atoms with Crippen LogP contribution >= 0.6 is 0 Å². The number of benzene rings is 3. The highest BCUT2D eigenvalue weighted by Gasteiger charge is 2.47. The number of hydrogen-bond acceptors (Lipinski definition) is 4. The molecule has 0 aromatic heterocycles. The van der Waals surface area contributed by atoms with E-state index in [2.05, 4.69) is 0 Å². The van der Waals surface area contributed by atoms with Gasteiger partial charge < -0.3 is 9.84 Å². The van der Waals surface area contributed by atoms with Crippen molar-refractivity contribution in [3.63, 3.8) is 0 Å². The van der Waals surface area contributed by atoms with Crippen LogP contribution in [0.5, 0.6) is 5.75 Å². The van der Waals surface area contributed by atoms with Crippen LogP contribution in [0.15, 0.2) is 72.3 Å². The highest BCUT2D eigenvalue weighted by atomic mass is 16.5. The number of methoxy groups -OCH3 is 1. The van der Waals surface area contributed by atoms with Crippen molar-refractivity contribution in [3.8, 4) is 5.75 Å². The SMILES string of the molecule is COc1ccc(C2/C(=C(/O)c3ccc4c(c3)CCCC4)C(=O)C(=O)N2c2cccc(C)c2)cc1. The molecule has 5 nitrogen and oxygen atoms in total. The van der Waals surface area contributed by atoms with Crippen LogP contribution in [-0.2, 0) is 22.4 Å². The molecule has 1 atom stereocenters. The van der Waals surface area contributed by atoms with Crippen LogP contribution in [0.2, 0.25) is 0 Å². The first-order valence-electron chi connectivity index (χ1n) is 11.6. The number of ketones is 1. The molecule has 34 heavy (non-hydrogen) atoms. The van der Waals surface area contributed by atoms with Gasteiger partial charge in [0, 0.05) is 11.3 Å². The highest BCUT2D eigenvalue weighted by Crippen LogP contribution is 2.43. The summed E-state index contributed by atoms with van der Waals surface area (Å²) < 4.78 is 5.29. The van der Waals surface area contributed by atoms with Crippen molar-refractivity contribution in [2.24, 2.45) is 0 Å². The van der Waals surface area contributed by atoms with Crippen molar-refractivity contribution in [2.75, 3.05) is 12.0 Å². The molecule has 1 aliphatic carbocycles. The Labute approximate surface area is 199 Å². The van der Waals surface area contributed by atoms with Crippen molar-refractivity contribution in [2.45, 2.75) is 38.6 Å². The number of carbonyl (C=O) groups excluding carboxylic acids is 2. The molecular formula is C29H27NO4. The minimum atomic E-state index is -0.747. The van der Waals surface area contributed by atoms with Gasteiger partial charge in [-0.25, -0.2) is 0 Å². The second-order valence-corrected chi connectivity index (χ2v) is 8.97. The topological polar surface area (TPSA) is 66.8 Å². The number of anilines is 1. The summed E-state index contributed by atoms with van der Waals surface area (Å²) >= 11 is 0.